The van der Waals surface area contributed by atoms with Crippen molar-refractivity contribution in [1.82, 2.24) is 0 Å². The van der Waals surface area contributed by atoms with Crippen LogP contribution >= 0.6 is 15.9 Å². The van der Waals surface area contributed by atoms with Crippen molar-refractivity contribution in [3.05, 3.63) is 0 Å². The summed E-state index contributed by atoms with van der Waals surface area (Å²) >= 11 is 3.54. The molecule has 0 saturated carbocycles. The average molecular weight is 195 g/mol. The summed E-state index contributed by atoms with van der Waals surface area (Å²) in [5, 5.41) is 0. The summed E-state index contributed by atoms with van der Waals surface area (Å²) in [7, 11) is 1.76. The van der Waals surface area contributed by atoms with Crippen molar-refractivity contribution in [2.45, 2.75) is 37.6 Å². The fraction of sp³-hybridized carbons (Fsp3) is 1.00. The molecule has 0 amide bonds. The Morgan fingerprint density at radius 3 is 2.00 bits per heavy atom. The molecule has 0 rings (SSSR count). The molecule has 0 N–H and O–H groups in total. The molecule has 0 aliphatic heterocycles. The Hall–Kier alpha value is 0.440. The van der Waals surface area contributed by atoms with Crippen molar-refractivity contribution in [2.24, 2.45) is 0 Å². The van der Waals surface area contributed by atoms with Gasteiger partial charge in [0.1, 0.15) is 0 Å². The van der Waals surface area contributed by atoms with Gasteiger partial charge < -0.3 is 4.74 Å². The van der Waals surface area contributed by atoms with Crippen LogP contribution in [-0.4, -0.2) is 18.0 Å². The van der Waals surface area contributed by atoms with Crippen LogP contribution in [0.25, 0.3) is 0 Å². The van der Waals surface area contributed by atoms with E-state index in [0.717, 1.165) is 12.8 Å². The Balaban J connectivity index is 3.50. The first kappa shape index (κ1) is 9.44. The SMILES string of the molecule is CC[C@@H](Br)[C@@H](CC)OC. The molecule has 0 aromatic carbocycles. The Labute approximate surface area is 65.9 Å². The molecule has 0 spiro atoms. The van der Waals surface area contributed by atoms with Gasteiger partial charge in [0.15, 0.2) is 0 Å². The van der Waals surface area contributed by atoms with Crippen LogP contribution in [0.5, 0.6) is 0 Å². The van der Waals surface area contributed by atoms with Crippen LogP contribution in [0.4, 0.5) is 0 Å². The molecule has 0 unspecified atom stereocenters. The third kappa shape index (κ3) is 3.21. The molecule has 1 nitrogen and oxygen atoms in total. The van der Waals surface area contributed by atoms with Crippen LogP contribution in [0.1, 0.15) is 26.7 Å². The fourth-order valence-corrected chi connectivity index (χ4v) is 1.42. The minimum atomic E-state index is 0.384. The summed E-state index contributed by atoms with van der Waals surface area (Å²) in [6.07, 6.45) is 2.60. The lowest BCUT2D eigenvalue weighted by Crippen LogP contribution is -2.20. The van der Waals surface area contributed by atoms with Gasteiger partial charge in [0.25, 0.3) is 0 Å². The second-order valence-corrected chi connectivity index (χ2v) is 3.28. The highest BCUT2D eigenvalue weighted by Crippen LogP contribution is 2.14. The molecule has 9 heavy (non-hydrogen) atoms. The number of alkyl halides is 1. The van der Waals surface area contributed by atoms with Gasteiger partial charge in [0.2, 0.25) is 0 Å². The fourth-order valence-electron chi connectivity index (χ4n) is 0.833. The van der Waals surface area contributed by atoms with Crippen LogP contribution in [0.3, 0.4) is 0 Å². The Kier molecular flexibility index (Phi) is 5.50. The smallest absolute Gasteiger partial charge is 0.0693 e. The standard InChI is InChI=1S/C7H15BrO/c1-4-6(8)7(5-2)9-3/h6-7H,4-5H2,1-3H3/t6-,7-/m1/s1. The molecule has 0 aromatic heterocycles. The molecule has 0 saturated heterocycles. The van der Waals surface area contributed by atoms with Gasteiger partial charge in [-0.05, 0) is 12.8 Å². The first-order chi connectivity index (χ1) is 4.26. The van der Waals surface area contributed by atoms with Crippen LogP contribution < -0.4 is 0 Å². The lowest BCUT2D eigenvalue weighted by Gasteiger charge is -2.17. The summed E-state index contributed by atoms with van der Waals surface area (Å²) in [6, 6.07) is 0. The van der Waals surface area contributed by atoms with Crippen molar-refractivity contribution in [2.75, 3.05) is 7.11 Å². The van der Waals surface area contributed by atoms with Crippen molar-refractivity contribution >= 4 is 15.9 Å². The van der Waals surface area contributed by atoms with Gasteiger partial charge in [0.05, 0.1) is 6.10 Å². The van der Waals surface area contributed by atoms with Crippen LogP contribution in [0.15, 0.2) is 0 Å². The second-order valence-electron chi connectivity index (χ2n) is 2.11. The molecule has 56 valence electrons. The van der Waals surface area contributed by atoms with Gasteiger partial charge in [-0.25, -0.2) is 0 Å². The molecule has 2 heteroatoms. The third-order valence-electron chi connectivity index (χ3n) is 1.50. The van der Waals surface area contributed by atoms with Crippen LogP contribution in [-0.2, 0) is 4.74 Å². The van der Waals surface area contributed by atoms with E-state index >= 15 is 0 Å². The number of hydrogen-bond acceptors (Lipinski definition) is 1. The maximum absolute atomic E-state index is 5.21. The number of methoxy groups -OCH3 is 1. The van der Waals surface area contributed by atoms with Gasteiger partial charge in [-0.2, -0.15) is 0 Å². The molecule has 0 aliphatic carbocycles. The maximum atomic E-state index is 5.21. The first-order valence-electron chi connectivity index (χ1n) is 3.43. The van der Waals surface area contributed by atoms with E-state index in [4.69, 9.17) is 4.74 Å². The normalized spacial score (nSPS) is 17.3. The van der Waals surface area contributed by atoms with Crippen LogP contribution in [0.2, 0.25) is 0 Å². The molecular weight excluding hydrogens is 180 g/mol. The van der Waals surface area contributed by atoms with Crippen molar-refractivity contribution < 1.29 is 4.74 Å². The lowest BCUT2D eigenvalue weighted by molar-refractivity contribution is 0.0979. The van der Waals surface area contributed by atoms with Crippen LogP contribution in [0, 0.1) is 0 Å². The first-order valence-corrected chi connectivity index (χ1v) is 4.34. The number of halogens is 1. The molecule has 0 radical (unpaired) electrons. The largest absolute Gasteiger partial charge is 0.380 e. The van der Waals surface area contributed by atoms with Crippen molar-refractivity contribution in [3.63, 3.8) is 0 Å². The topological polar surface area (TPSA) is 9.23 Å². The van der Waals surface area contributed by atoms with Gasteiger partial charge in [0, 0.05) is 11.9 Å². The van der Waals surface area contributed by atoms with E-state index in [1.165, 1.54) is 0 Å². The summed E-state index contributed by atoms with van der Waals surface area (Å²) in [5.74, 6) is 0. The highest BCUT2D eigenvalue weighted by molar-refractivity contribution is 9.09. The Morgan fingerprint density at radius 1 is 1.33 bits per heavy atom. The predicted octanol–water partition coefficient (Wildman–Crippen LogP) is 2.58. The maximum Gasteiger partial charge on any atom is 0.0693 e. The van der Waals surface area contributed by atoms with Gasteiger partial charge in [-0.3, -0.25) is 0 Å². The molecule has 0 aromatic rings. The quantitative estimate of drug-likeness (QED) is 0.626. The molecule has 0 fully saturated rings. The third-order valence-corrected chi connectivity index (χ3v) is 2.74. The minimum Gasteiger partial charge on any atom is -0.380 e. The van der Waals surface area contributed by atoms with E-state index < -0.39 is 0 Å². The van der Waals surface area contributed by atoms with Crippen molar-refractivity contribution in [1.29, 1.82) is 0 Å². The molecule has 0 bridgehead atoms. The van der Waals surface area contributed by atoms with E-state index in [-0.39, 0.29) is 0 Å². The van der Waals surface area contributed by atoms with E-state index in [9.17, 15) is 0 Å². The monoisotopic (exact) mass is 194 g/mol. The van der Waals surface area contributed by atoms with E-state index in [2.05, 4.69) is 29.8 Å². The average Bonchev–Trinajstić information content (AvgIpc) is 1.90. The lowest BCUT2D eigenvalue weighted by atomic mass is 10.2. The summed E-state index contributed by atoms with van der Waals surface area (Å²) in [5.41, 5.74) is 0. The summed E-state index contributed by atoms with van der Waals surface area (Å²) in [4.78, 5) is 0.521. The predicted molar refractivity (Wildman–Crippen MR) is 44.1 cm³/mol. The summed E-state index contributed by atoms with van der Waals surface area (Å²) < 4.78 is 5.21. The van der Waals surface area contributed by atoms with Gasteiger partial charge in [-0.1, -0.05) is 29.8 Å². The number of hydrogen-bond donors (Lipinski definition) is 0. The van der Waals surface area contributed by atoms with E-state index in [0.29, 0.717) is 10.9 Å². The number of rotatable bonds is 4. The van der Waals surface area contributed by atoms with E-state index in [1.807, 2.05) is 0 Å². The highest BCUT2D eigenvalue weighted by atomic mass is 79.9. The Bertz CT molecular complexity index is 61.9. The molecule has 2 atom stereocenters. The van der Waals surface area contributed by atoms with Crippen molar-refractivity contribution in [3.8, 4) is 0 Å². The Morgan fingerprint density at radius 2 is 1.89 bits per heavy atom. The number of ether oxygens (including phenoxy) is 1. The zero-order valence-electron chi connectivity index (χ0n) is 6.36. The van der Waals surface area contributed by atoms with E-state index in [1.54, 1.807) is 7.11 Å². The molecule has 0 aliphatic rings. The minimum absolute atomic E-state index is 0.384. The molecular formula is C7H15BrO. The zero-order chi connectivity index (χ0) is 7.28. The highest BCUT2D eigenvalue weighted by Gasteiger charge is 2.12. The van der Waals surface area contributed by atoms with Gasteiger partial charge in [-0.15, -0.1) is 0 Å². The van der Waals surface area contributed by atoms with Gasteiger partial charge >= 0.3 is 0 Å². The molecule has 0 heterocycles. The zero-order valence-corrected chi connectivity index (χ0v) is 7.94. The second kappa shape index (κ2) is 5.24. The summed E-state index contributed by atoms with van der Waals surface area (Å²) in [6.45, 7) is 4.29.